The molecule has 1 aliphatic rings. The van der Waals surface area contributed by atoms with Crippen molar-refractivity contribution in [3.63, 3.8) is 0 Å². The van der Waals surface area contributed by atoms with Gasteiger partial charge in [0, 0.05) is 0 Å². The predicted octanol–water partition coefficient (Wildman–Crippen LogP) is 5.00. The quantitative estimate of drug-likeness (QED) is 0.279. The van der Waals surface area contributed by atoms with Crippen molar-refractivity contribution in [3.05, 3.63) is 121 Å². The average molecular weight is 587 g/mol. The van der Waals surface area contributed by atoms with E-state index in [9.17, 15) is 0 Å². The summed E-state index contributed by atoms with van der Waals surface area (Å²) in [7, 11) is -0.547. The van der Waals surface area contributed by atoms with E-state index in [-0.39, 0.29) is 33.3 Å². The first kappa shape index (κ1) is 19.3. The van der Waals surface area contributed by atoms with E-state index in [1.807, 2.05) is 0 Å². The van der Waals surface area contributed by atoms with Gasteiger partial charge in [-0.1, -0.05) is 0 Å². The van der Waals surface area contributed by atoms with Crippen LogP contribution in [0.1, 0.15) is 0 Å². The van der Waals surface area contributed by atoms with E-state index >= 15 is 0 Å². The van der Waals surface area contributed by atoms with Gasteiger partial charge in [-0.15, -0.1) is 0 Å². The Bertz CT molecular complexity index is 873. The summed E-state index contributed by atoms with van der Waals surface area (Å²) >= 11 is -0.118. The molecule has 5 rings (SSSR count). The average Bonchev–Trinajstić information content (AvgIpc) is 3.57. The number of rotatable bonds is 6. The number of hydrogen-bond acceptors (Lipinski definition) is 0. The second kappa shape index (κ2) is 9.03. The molecule has 0 aliphatic carbocycles. The molecule has 29 heavy (non-hydrogen) atoms. The minimum atomic E-state index is -0.273. The van der Waals surface area contributed by atoms with Gasteiger partial charge in [0.05, 0.1) is 0 Å². The van der Waals surface area contributed by atoms with Gasteiger partial charge in [0.2, 0.25) is 0 Å². The molecule has 1 fully saturated rings. The molecule has 0 N–H and O–H groups in total. The SMILES string of the molecule is c1ccc(P(c2ccccc2)[C@@H]2[Os][C@@H]2P(c2ccccc2)c2ccccc2)cc1. The summed E-state index contributed by atoms with van der Waals surface area (Å²) in [4.78, 5) is 0. The van der Waals surface area contributed by atoms with Crippen LogP contribution in [-0.2, 0) is 17.4 Å². The summed E-state index contributed by atoms with van der Waals surface area (Å²) in [6.07, 6.45) is 0. The van der Waals surface area contributed by atoms with E-state index in [1.54, 1.807) is 21.2 Å². The van der Waals surface area contributed by atoms with Crippen molar-refractivity contribution in [2.24, 2.45) is 0 Å². The summed E-state index contributed by atoms with van der Waals surface area (Å²) in [6.45, 7) is 0. The fourth-order valence-electron chi connectivity index (χ4n) is 3.64. The summed E-state index contributed by atoms with van der Waals surface area (Å²) in [6, 6.07) is 45.1. The molecule has 0 spiro atoms. The standard InChI is InChI=1S/C26H22P2.Os/c1-5-13-23(14-6-1)27(24-15-7-2-8-16-24)21-22-28(25-17-9-3-10-18-25)26-19-11-4-12-20-26;/h1-22H;. The molecule has 0 unspecified atom stereocenters. The van der Waals surface area contributed by atoms with Gasteiger partial charge in [-0.3, -0.25) is 0 Å². The van der Waals surface area contributed by atoms with E-state index in [1.165, 1.54) is 0 Å². The van der Waals surface area contributed by atoms with Crippen LogP contribution in [0.3, 0.4) is 0 Å². The van der Waals surface area contributed by atoms with Crippen LogP contribution in [0.5, 0.6) is 0 Å². The van der Waals surface area contributed by atoms with E-state index in [0.29, 0.717) is 0 Å². The monoisotopic (exact) mass is 588 g/mol. The molecule has 1 heterocycles. The molecule has 0 bridgehead atoms. The molecule has 4 aromatic rings. The second-order valence-corrected chi connectivity index (χ2v) is 17.9. The molecule has 1 saturated heterocycles. The second-order valence-electron chi connectivity index (χ2n) is 6.92. The molecule has 3 heteroatoms. The first-order chi connectivity index (χ1) is 14.4. The summed E-state index contributed by atoms with van der Waals surface area (Å²) in [5.74, 6) is 0. The van der Waals surface area contributed by atoms with E-state index in [0.717, 1.165) is 8.43 Å². The Morgan fingerprint density at radius 2 is 0.621 bits per heavy atom. The molecule has 4 aromatic carbocycles. The maximum absolute atomic E-state index is 2.36. The van der Waals surface area contributed by atoms with Gasteiger partial charge in [-0.2, -0.15) is 0 Å². The first-order valence-electron chi connectivity index (χ1n) is 9.80. The fraction of sp³-hybridized carbons (Fsp3) is 0.0769. The zero-order valence-electron chi connectivity index (χ0n) is 15.9. The molecule has 0 radical (unpaired) electrons. The maximum atomic E-state index is 2.36. The predicted molar refractivity (Wildman–Crippen MR) is 126 cm³/mol. The molecular formula is C26H22OsP2. The topological polar surface area (TPSA) is 0 Å². The van der Waals surface area contributed by atoms with Crippen molar-refractivity contribution in [1.29, 1.82) is 0 Å². The van der Waals surface area contributed by atoms with Gasteiger partial charge in [0.1, 0.15) is 0 Å². The first-order valence-corrected chi connectivity index (χ1v) is 15.6. The molecular weight excluding hydrogens is 564 g/mol. The van der Waals surface area contributed by atoms with Gasteiger partial charge in [0.15, 0.2) is 0 Å². The molecule has 1 aliphatic heterocycles. The van der Waals surface area contributed by atoms with E-state index in [2.05, 4.69) is 121 Å². The van der Waals surface area contributed by atoms with Crippen LogP contribution in [0.2, 0.25) is 0 Å². The number of hydrogen-bond donors (Lipinski definition) is 0. The molecule has 2 atom stereocenters. The van der Waals surface area contributed by atoms with Gasteiger partial charge >= 0.3 is 184 Å². The van der Waals surface area contributed by atoms with Crippen LogP contribution < -0.4 is 21.2 Å². The van der Waals surface area contributed by atoms with Crippen molar-refractivity contribution in [2.45, 2.75) is 8.43 Å². The Kier molecular flexibility index (Phi) is 6.02. The third kappa shape index (κ3) is 4.30. The summed E-state index contributed by atoms with van der Waals surface area (Å²) in [5, 5.41) is 6.18. The number of benzene rings is 4. The van der Waals surface area contributed by atoms with Crippen molar-refractivity contribution >= 4 is 37.1 Å². The molecule has 0 nitrogen and oxygen atoms in total. The van der Waals surface area contributed by atoms with E-state index in [4.69, 9.17) is 0 Å². The van der Waals surface area contributed by atoms with Crippen molar-refractivity contribution in [2.75, 3.05) is 0 Å². The van der Waals surface area contributed by atoms with Crippen molar-refractivity contribution in [1.82, 2.24) is 0 Å². The molecule has 144 valence electrons. The Hall–Kier alpha value is -1.62. The summed E-state index contributed by atoms with van der Waals surface area (Å²) < 4.78 is 1.78. The minimum absolute atomic E-state index is 0.118. The zero-order valence-corrected chi connectivity index (χ0v) is 20.3. The Balaban J connectivity index is 1.53. The van der Waals surface area contributed by atoms with Crippen molar-refractivity contribution < 1.29 is 17.4 Å². The van der Waals surface area contributed by atoms with Gasteiger partial charge < -0.3 is 0 Å². The Morgan fingerprint density at radius 3 is 0.862 bits per heavy atom. The van der Waals surface area contributed by atoms with Crippen LogP contribution in [0.15, 0.2) is 121 Å². The molecule has 0 amide bonds. The Labute approximate surface area is 183 Å². The van der Waals surface area contributed by atoms with Crippen LogP contribution >= 0.6 is 15.8 Å². The zero-order chi connectivity index (χ0) is 19.5. The van der Waals surface area contributed by atoms with Crippen LogP contribution in [0.4, 0.5) is 0 Å². The van der Waals surface area contributed by atoms with Crippen LogP contribution in [0.25, 0.3) is 0 Å². The molecule has 0 saturated carbocycles. The third-order valence-electron chi connectivity index (χ3n) is 5.01. The Morgan fingerprint density at radius 1 is 0.379 bits per heavy atom. The van der Waals surface area contributed by atoms with Gasteiger partial charge in [0.25, 0.3) is 0 Å². The van der Waals surface area contributed by atoms with Gasteiger partial charge in [-0.05, 0) is 0 Å². The summed E-state index contributed by atoms with van der Waals surface area (Å²) in [5.41, 5.74) is 0. The van der Waals surface area contributed by atoms with Crippen LogP contribution in [0, 0.1) is 0 Å². The fourth-order valence-corrected chi connectivity index (χ4v) is 21.0. The van der Waals surface area contributed by atoms with E-state index < -0.39 is 0 Å². The third-order valence-corrected chi connectivity index (χ3v) is 19.7. The molecule has 0 aromatic heterocycles. The van der Waals surface area contributed by atoms with Gasteiger partial charge in [-0.25, -0.2) is 0 Å². The normalized spacial score (nSPS) is 18.4. The van der Waals surface area contributed by atoms with Crippen molar-refractivity contribution in [3.8, 4) is 0 Å². The van der Waals surface area contributed by atoms with Crippen LogP contribution in [-0.4, -0.2) is 8.43 Å².